The van der Waals surface area contributed by atoms with Crippen LogP contribution in [0.3, 0.4) is 0 Å². The minimum Gasteiger partial charge on any atom is -0.341 e. The predicted molar refractivity (Wildman–Crippen MR) is 113 cm³/mol. The summed E-state index contributed by atoms with van der Waals surface area (Å²) in [4.78, 5) is 14.2. The van der Waals surface area contributed by atoms with Crippen molar-refractivity contribution in [2.45, 2.75) is 20.0 Å². The summed E-state index contributed by atoms with van der Waals surface area (Å²) in [5.74, 6) is -0.177. The topological polar surface area (TPSA) is 64.2 Å². The zero-order chi connectivity index (χ0) is 20.1. The number of nitrogens with zero attached hydrogens (tertiary/aromatic N) is 3. The fourth-order valence-electron chi connectivity index (χ4n) is 3.11. The summed E-state index contributed by atoms with van der Waals surface area (Å²) in [6.45, 7) is 3.21. The monoisotopic (exact) mass is 396 g/mol. The lowest BCUT2D eigenvalue weighted by Crippen LogP contribution is -2.34. The van der Waals surface area contributed by atoms with Crippen LogP contribution < -0.4 is 5.73 Å². The van der Waals surface area contributed by atoms with Crippen molar-refractivity contribution in [3.63, 3.8) is 0 Å². The van der Waals surface area contributed by atoms with Gasteiger partial charge in [0.2, 0.25) is 5.91 Å². The highest BCUT2D eigenvalue weighted by molar-refractivity contribution is 6.31. The molecular weight excluding hydrogens is 372 g/mol. The summed E-state index contributed by atoms with van der Waals surface area (Å²) in [5.41, 5.74) is 9.52. The fraction of sp³-hybridized carbons (Fsp3) is 0.273. The Morgan fingerprint density at radius 1 is 1.14 bits per heavy atom. The third-order valence-corrected chi connectivity index (χ3v) is 5.10. The van der Waals surface area contributed by atoms with Gasteiger partial charge >= 0.3 is 0 Å². The van der Waals surface area contributed by atoms with Gasteiger partial charge in [-0.1, -0.05) is 67.1 Å². The Balaban J connectivity index is 1.92. The van der Waals surface area contributed by atoms with E-state index in [4.69, 9.17) is 22.4 Å². The number of hydrogen-bond donors (Lipinski definition) is 1. The fourth-order valence-corrected chi connectivity index (χ4v) is 3.31. The molecule has 2 N–H and O–H groups in total. The zero-order valence-corrected chi connectivity index (χ0v) is 16.9. The van der Waals surface area contributed by atoms with Crippen LogP contribution in [0.15, 0.2) is 60.8 Å². The van der Waals surface area contributed by atoms with Crippen LogP contribution in [-0.4, -0.2) is 34.2 Å². The number of benzene rings is 2. The van der Waals surface area contributed by atoms with Crippen molar-refractivity contribution in [1.29, 1.82) is 0 Å². The van der Waals surface area contributed by atoms with Crippen molar-refractivity contribution in [2.24, 2.45) is 11.7 Å². The van der Waals surface area contributed by atoms with Gasteiger partial charge in [0, 0.05) is 48.4 Å². The molecule has 0 radical (unpaired) electrons. The first kappa shape index (κ1) is 20.1. The van der Waals surface area contributed by atoms with Crippen LogP contribution in [0.1, 0.15) is 18.1 Å². The molecular formula is C22H25ClN4O. The first-order valence-corrected chi connectivity index (χ1v) is 9.67. The smallest absolute Gasteiger partial charge is 0.226 e. The number of hydrogen-bond acceptors (Lipinski definition) is 3. The van der Waals surface area contributed by atoms with E-state index in [1.165, 1.54) is 0 Å². The van der Waals surface area contributed by atoms with Crippen molar-refractivity contribution < 1.29 is 4.79 Å². The third-order valence-electron chi connectivity index (χ3n) is 4.73. The van der Waals surface area contributed by atoms with Crippen LogP contribution in [-0.2, 0) is 17.9 Å². The van der Waals surface area contributed by atoms with Crippen molar-refractivity contribution in [2.75, 3.05) is 13.6 Å². The van der Waals surface area contributed by atoms with Crippen molar-refractivity contribution in [3.05, 3.63) is 76.9 Å². The van der Waals surface area contributed by atoms with E-state index < -0.39 is 0 Å². The predicted octanol–water partition coefficient (Wildman–Crippen LogP) is 3.81. The molecule has 6 heteroatoms. The summed E-state index contributed by atoms with van der Waals surface area (Å²) >= 11 is 6.31. The average molecular weight is 397 g/mol. The van der Waals surface area contributed by atoms with Gasteiger partial charge in [-0.15, -0.1) is 0 Å². The Labute approximate surface area is 170 Å². The van der Waals surface area contributed by atoms with Crippen molar-refractivity contribution in [1.82, 2.24) is 14.7 Å². The molecule has 3 rings (SSSR count). The largest absolute Gasteiger partial charge is 0.341 e. The number of aromatic nitrogens is 2. The highest BCUT2D eigenvalue weighted by Crippen LogP contribution is 2.25. The molecule has 1 amide bonds. The third kappa shape index (κ3) is 4.61. The quantitative estimate of drug-likeness (QED) is 0.660. The summed E-state index contributed by atoms with van der Waals surface area (Å²) in [6.07, 6.45) is 1.99. The molecule has 1 heterocycles. The van der Waals surface area contributed by atoms with Gasteiger partial charge in [0.1, 0.15) is 0 Å². The van der Waals surface area contributed by atoms with Gasteiger partial charge in [-0.3, -0.25) is 9.48 Å². The van der Waals surface area contributed by atoms with E-state index in [9.17, 15) is 4.79 Å². The average Bonchev–Trinajstić information content (AvgIpc) is 3.11. The number of halogens is 1. The Morgan fingerprint density at radius 3 is 2.50 bits per heavy atom. The first-order chi connectivity index (χ1) is 13.5. The minimum atomic E-state index is -0.205. The molecule has 0 spiro atoms. The molecule has 0 saturated heterocycles. The van der Waals surface area contributed by atoms with Gasteiger partial charge in [-0.25, -0.2) is 0 Å². The van der Waals surface area contributed by atoms with Gasteiger partial charge in [-0.2, -0.15) is 5.10 Å². The Bertz CT molecular complexity index is 939. The van der Waals surface area contributed by atoms with Crippen LogP contribution in [0.2, 0.25) is 5.02 Å². The Kier molecular flexibility index (Phi) is 6.49. The van der Waals surface area contributed by atoms with Gasteiger partial charge in [0.05, 0.1) is 12.2 Å². The lowest BCUT2D eigenvalue weighted by atomic mass is 10.1. The zero-order valence-electron chi connectivity index (χ0n) is 16.2. The molecule has 3 aromatic rings. The minimum absolute atomic E-state index is 0.0281. The number of nitrogens with two attached hydrogens (primary N) is 1. The number of amides is 1. The maximum atomic E-state index is 12.5. The van der Waals surface area contributed by atoms with E-state index in [0.717, 1.165) is 22.4 Å². The van der Waals surface area contributed by atoms with E-state index in [2.05, 4.69) is 0 Å². The second kappa shape index (κ2) is 9.04. The van der Waals surface area contributed by atoms with Crippen molar-refractivity contribution >= 4 is 17.5 Å². The SMILES string of the molecule is CC(CN)C(=O)N(C)Cc1cn(Cc2ccccc2Cl)nc1-c1ccccc1. The molecule has 0 aliphatic rings. The molecule has 0 fully saturated rings. The van der Waals surface area contributed by atoms with Gasteiger partial charge in [0.25, 0.3) is 0 Å². The van der Waals surface area contributed by atoms with Crippen LogP contribution in [0.4, 0.5) is 0 Å². The molecule has 5 nitrogen and oxygen atoms in total. The van der Waals surface area contributed by atoms with Crippen LogP contribution in [0, 0.1) is 5.92 Å². The van der Waals surface area contributed by atoms with Crippen molar-refractivity contribution in [3.8, 4) is 11.3 Å². The Morgan fingerprint density at radius 2 is 1.82 bits per heavy atom. The molecule has 0 aliphatic carbocycles. The lowest BCUT2D eigenvalue weighted by molar-refractivity contribution is -0.133. The van der Waals surface area contributed by atoms with E-state index in [0.29, 0.717) is 24.7 Å². The molecule has 1 aromatic heterocycles. The summed E-state index contributed by atoms with van der Waals surface area (Å²) in [5, 5.41) is 5.50. The molecule has 0 saturated carbocycles. The highest BCUT2D eigenvalue weighted by atomic mass is 35.5. The normalized spacial score (nSPS) is 12.0. The maximum absolute atomic E-state index is 12.5. The molecule has 0 bridgehead atoms. The standard InChI is InChI=1S/C22H25ClN4O/c1-16(12-24)22(28)26(2)13-19-15-27(14-18-10-6-7-11-20(18)23)25-21(19)17-8-4-3-5-9-17/h3-11,15-16H,12-14,24H2,1-2H3. The van der Waals surface area contributed by atoms with E-state index in [1.54, 1.807) is 11.9 Å². The highest BCUT2D eigenvalue weighted by Gasteiger charge is 2.19. The van der Waals surface area contributed by atoms with Gasteiger partial charge < -0.3 is 10.6 Å². The number of carbonyl (C=O) groups is 1. The molecule has 1 unspecified atom stereocenters. The molecule has 0 aliphatic heterocycles. The van der Waals surface area contributed by atoms with E-state index in [-0.39, 0.29) is 11.8 Å². The summed E-state index contributed by atoms with van der Waals surface area (Å²) < 4.78 is 1.88. The lowest BCUT2D eigenvalue weighted by Gasteiger charge is -2.20. The first-order valence-electron chi connectivity index (χ1n) is 9.29. The maximum Gasteiger partial charge on any atom is 0.226 e. The molecule has 28 heavy (non-hydrogen) atoms. The number of rotatable bonds is 7. The second-order valence-corrected chi connectivity index (χ2v) is 7.40. The summed E-state index contributed by atoms with van der Waals surface area (Å²) in [7, 11) is 1.80. The van der Waals surface area contributed by atoms with E-state index in [1.807, 2.05) is 72.4 Å². The molecule has 146 valence electrons. The second-order valence-electron chi connectivity index (χ2n) is 6.99. The van der Waals surface area contributed by atoms with Crippen LogP contribution in [0.5, 0.6) is 0 Å². The van der Waals surface area contributed by atoms with Gasteiger partial charge in [-0.05, 0) is 11.6 Å². The van der Waals surface area contributed by atoms with Crippen LogP contribution in [0.25, 0.3) is 11.3 Å². The van der Waals surface area contributed by atoms with Crippen LogP contribution >= 0.6 is 11.6 Å². The number of carbonyl (C=O) groups excluding carboxylic acids is 1. The molecule has 2 aromatic carbocycles. The Hall–Kier alpha value is -2.63. The summed E-state index contributed by atoms with van der Waals surface area (Å²) in [6, 6.07) is 17.7. The van der Waals surface area contributed by atoms with E-state index >= 15 is 0 Å². The molecule has 1 atom stereocenters. The van der Waals surface area contributed by atoms with Gasteiger partial charge in [0.15, 0.2) is 0 Å².